The second kappa shape index (κ2) is 11.3. The molecule has 1 fully saturated rings. The number of rotatable bonds is 10. The zero-order chi connectivity index (χ0) is 24.7. The normalized spacial score (nSPS) is 18.1. The monoisotopic (exact) mass is 463 g/mol. The van der Waals surface area contributed by atoms with E-state index < -0.39 is 53.8 Å². The third-order valence-corrected chi connectivity index (χ3v) is 5.32. The molecule has 0 aliphatic carbocycles. The van der Waals surface area contributed by atoms with Gasteiger partial charge in [-0.1, -0.05) is 12.1 Å². The number of benzene rings is 1. The standard InChI is InChI=1S/C21H29N5O7/c1-11(18(29)25-15(21(32)33)9-12-4-6-13(27)7-5-12)24-19(30)16-3-2-8-26(16)20(31)14(22)10-17(23)28/h4-7,11,14-16,27H,2-3,8-10,22H2,1H3,(H2,23,28)(H,24,30)(H,25,29)(H,32,33). The Morgan fingerprint density at radius 1 is 1.15 bits per heavy atom. The number of phenols is 1. The maximum absolute atomic E-state index is 12.7. The third-order valence-electron chi connectivity index (χ3n) is 5.32. The first-order valence-electron chi connectivity index (χ1n) is 10.5. The summed E-state index contributed by atoms with van der Waals surface area (Å²) in [6, 6.07) is 1.54. The van der Waals surface area contributed by atoms with E-state index in [0.29, 0.717) is 18.4 Å². The zero-order valence-corrected chi connectivity index (χ0v) is 18.2. The van der Waals surface area contributed by atoms with Crippen LogP contribution in [0.3, 0.4) is 0 Å². The minimum atomic E-state index is -1.26. The van der Waals surface area contributed by atoms with E-state index in [4.69, 9.17) is 11.5 Å². The van der Waals surface area contributed by atoms with Gasteiger partial charge < -0.3 is 37.2 Å². The number of carbonyl (C=O) groups is 5. The van der Waals surface area contributed by atoms with Gasteiger partial charge in [-0.3, -0.25) is 19.2 Å². The molecule has 180 valence electrons. The number of nitrogens with two attached hydrogens (primary N) is 2. The Morgan fingerprint density at radius 3 is 2.36 bits per heavy atom. The average molecular weight is 463 g/mol. The number of likely N-dealkylation sites (tertiary alicyclic amines) is 1. The van der Waals surface area contributed by atoms with E-state index in [-0.39, 0.29) is 25.1 Å². The predicted molar refractivity (Wildman–Crippen MR) is 116 cm³/mol. The molecule has 4 unspecified atom stereocenters. The van der Waals surface area contributed by atoms with Crippen molar-refractivity contribution < 1.29 is 34.2 Å². The number of nitrogens with zero attached hydrogens (tertiary/aromatic N) is 1. The second-order valence-corrected chi connectivity index (χ2v) is 7.97. The first-order valence-corrected chi connectivity index (χ1v) is 10.5. The molecule has 33 heavy (non-hydrogen) atoms. The van der Waals surface area contributed by atoms with Crippen molar-refractivity contribution in [1.29, 1.82) is 0 Å². The van der Waals surface area contributed by atoms with Crippen molar-refractivity contribution in [3.05, 3.63) is 29.8 Å². The lowest BCUT2D eigenvalue weighted by Crippen LogP contribution is -2.56. The van der Waals surface area contributed by atoms with E-state index in [9.17, 15) is 34.2 Å². The molecule has 0 spiro atoms. The second-order valence-electron chi connectivity index (χ2n) is 7.97. The minimum absolute atomic E-state index is 0.0231. The summed E-state index contributed by atoms with van der Waals surface area (Å²) in [6.07, 6.45) is 0.528. The molecule has 1 aliphatic heterocycles. The third kappa shape index (κ3) is 7.17. The average Bonchev–Trinajstić information content (AvgIpc) is 3.23. The van der Waals surface area contributed by atoms with E-state index in [0.717, 1.165) is 0 Å². The van der Waals surface area contributed by atoms with Gasteiger partial charge in [0.25, 0.3) is 0 Å². The molecule has 12 heteroatoms. The summed E-state index contributed by atoms with van der Waals surface area (Å²) >= 11 is 0. The quantitative estimate of drug-likeness (QED) is 0.233. The van der Waals surface area contributed by atoms with Gasteiger partial charge >= 0.3 is 5.97 Å². The van der Waals surface area contributed by atoms with Gasteiger partial charge in [0.15, 0.2) is 0 Å². The van der Waals surface area contributed by atoms with Gasteiger partial charge in [-0.15, -0.1) is 0 Å². The number of aliphatic carboxylic acids is 1. The Labute approximate surface area is 190 Å². The van der Waals surface area contributed by atoms with Gasteiger partial charge in [0.05, 0.1) is 12.5 Å². The van der Waals surface area contributed by atoms with Crippen molar-refractivity contribution in [2.75, 3.05) is 6.54 Å². The fourth-order valence-corrected chi connectivity index (χ4v) is 3.56. The van der Waals surface area contributed by atoms with Crippen molar-refractivity contribution in [2.24, 2.45) is 11.5 Å². The topological polar surface area (TPSA) is 205 Å². The van der Waals surface area contributed by atoms with Gasteiger partial charge in [0.2, 0.25) is 23.6 Å². The molecule has 8 N–H and O–H groups in total. The van der Waals surface area contributed by atoms with E-state index in [2.05, 4.69) is 10.6 Å². The molecule has 1 saturated heterocycles. The Morgan fingerprint density at radius 2 is 1.79 bits per heavy atom. The van der Waals surface area contributed by atoms with Crippen molar-refractivity contribution in [2.45, 2.75) is 56.8 Å². The van der Waals surface area contributed by atoms with E-state index in [1.807, 2.05) is 0 Å². The Bertz CT molecular complexity index is 905. The van der Waals surface area contributed by atoms with Gasteiger partial charge in [-0.2, -0.15) is 0 Å². The molecular weight excluding hydrogens is 434 g/mol. The van der Waals surface area contributed by atoms with Crippen molar-refractivity contribution in [1.82, 2.24) is 15.5 Å². The molecule has 4 atom stereocenters. The fourth-order valence-electron chi connectivity index (χ4n) is 3.56. The maximum Gasteiger partial charge on any atom is 0.326 e. The summed E-state index contributed by atoms with van der Waals surface area (Å²) in [4.78, 5) is 61.6. The molecule has 1 aliphatic rings. The number of primary amides is 1. The van der Waals surface area contributed by atoms with Gasteiger partial charge in [0.1, 0.15) is 23.9 Å². The van der Waals surface area contributed by atoms with Crippen LogP contribution in [-0.4, -0.2) is 75.4 Å². The molecule has 0 aromatic heterocycles. The molecule has 0 bridgehead atoms. The van der Waals surface area contributed by atoms with Crippen LogP contribution in [0.2, 0.25) is 0 Å². The van der Waals surface area contributed by atoms with Gasteiger partial charge in [-0.25, -0.2) is 4.79 Å². The lowest BCUT2D eigenvalue weighted by Gasteiger charge is -2.27. The number of carbonyl (C=O) groups excluding carboxylic acids is 4. The van der Waals surface area contributed by atoms with Crippen LogP contribution in [0.15, 0.2) is 24.3 Å². The largest absolute Gasteiger partial charge is 0.508 e. The highest BCUT2D eigenvalue weighted by Gasteiger charge is 2.37. The number of nitrogens with one attached hydrogen (secondary N) is 2. The lowest BCUT2D eigenvalue weighted by molar-refractivity contribution is -0.143. The van der Waals surface area contributed by atoms with E-state index >= 15 is 0 Å². The Balaban J connectivity index is 1.97. The number of amides is 4. The molecule has 12 nitrogen and oxygen atoms in total. The van der Waals surface area contributed by atoms with Gasteiger partial charge in [-0.05, 0) is 37.5 Å². The number of hydrogen-bond donors (Lipinski definition) is 6. The summed E-state index contributed by atoms with van der Waals surface area (Å²) in [5, 5.41) is 23.7. The first kappa shape index (κ1) is 25.6. The minimum Gasteiger partial charge on any atom is -0.508 e. The summed E-state index contributed by atoms with van der Waals surface area (Å²) in [6.45, 7) is 1.67. The van der Waals surface area contributed by atoms with Crippen LogP contribution in [0.25, 0.3) is 0 Å². The fraction of sp³-hybridized carbons (Fsp3) is 0.476. The first-order chi connectivity index (χ1) is 15.5. The van der Waals surface area contributed by atoms with Crippen LogP contribution in [0, 0.1) is 0 Å². The molecule has 1 aromatic rings. The maximum atomic E-state index is 12.7. The molecule has 4 amide bonds. The van der Waals surface area contributed by atoms with Crippen molar-refractivity contribution in [3.63, 3.8) is 0 Å². The number of carboxylic acids is 1. The zero-order valence-electron chi connectivity index (χ0n) is 18.2. The number of hydrogen-bond acceptors (Lipinski definition) is 7. The van der Waals surface area contributed by atoms with Crippen LogP contribution in [0.1, 0.15) is 31.7 Å². The molecule has 1 aromatic carbocycles. The SMILES string of the molecule is CC(NC(=O)C1CCCN1C(=O)C(N)CC(N)=O)C(=O)NC(Cc1ccc(O)cc1)C(=O)O. The number of phenolic OH excluding ortho intramolecular Hbond substituents is 1. The molecule has 2 rings (SSSR count). The Kier molecular flexibility index (Phi) is 8.74. The van der Waals surface area contributed by atoms with Crippen LogP contribution >= 0.6 is 0 Å². The summed E-state index contributed by atoms with van der Waals surface area (Å²) in [5.74, 6) is -3.84. The molecule has 1 heterocycles. The number of aromatic hydroxyl groups is 1. The smallest absolute Gasteiger partial charge is 0.326 e. The predicted octanol–water partition coefficient (Wildman–Crippen LogP) is -1.80. The number of carboxylic acid groups (broad SMARTS) is 1. The highest BCUT2D eigenvalue weighted by molar-refractivity contribution is 5.95. The Hall–Kier alpha value is -3.67. The van der Waals surface area contributed by atoms with Crippen molar-refractivity contribution >= 4 is 29.6 Å². The summed E-state index contributed by atoms with van der Waals surface area (Å²) < 4.78 is 0. The molecule has 0 saturated carbocycles. The van der Waals surface area contributed by atoms with Gasteiger partial charge in [0, 0.05) is 13.0 Å². The van der Waals surface area contributed by atoms with Crippen LogP contribution in [0.5, 0.6) is 5.75 Å². The molecule has 0 radical (unpaired) electrons. The van der Waals surface area contributed by atoms with E-state index in [1.165, 1.54) is 36.1 Å². The lowest BCUT2D eigenvalue weighted by atomic mass is 10.1. The van der Waals surface area contributed by atoms with Crippen molar-refractivity contribution in [3.8, 4) is 5.75 Å². The van der Waals surface area contributed by atoms with Crippen LogP contribution < -0.4 is 22.1 Å². The molecular formula is C21H29N5O7. The highest BCUT2D eigenvalue weighted by atomic mass is 16.4. The van der Waals surface area contributed by atoms with E-state index in [1.54, 1.807) is 0 Å². The van der Waals surface area contributed by atoms with Crippen LogP contribution in [0.4, 0.5) is 0 Å². The summed E-state index contributed by atoms with van der Waals surface area (Å²) in [7, 11) is 0. The van der Waals surface area contributed by atoms with Crippen LogP contribution in [-0.2, 0) is 30.4 Å². The highest BCUT2D eigenvalue weighted by Crippen LogP contribution is 2.19. The summed E-state index contributed by atoms with van der Waals surface area (Å²) in [5.41, 5.74) is 11.4.